The van der Waals surface area contributed by atoms with Gasteiger partial charge >= 0.3 is 0 Å². The van der Waals surface area contributed by atoms with Gasteiger partial charge in [-0.15, -0.1) is 0 Å². The van der Waals surface area contributed by atoms with Crippen molar-refractivity contribution >= 4 is 27.5 Å². The van der Waals surface area contributed by atoms with Crippen LogP contribution in [0.5, 0.6) is 5.75 Å². The SMILES string of the molecule is CC(NC(=O)c1cc(Br)ccc1O)c1ccc(N)cc1. The van der Waals surface area contributed by atoms with E-state index in [0.717, 1.165) is 10.0 Å². The number of hydrogen-bond acceptors (Lipinski definition) is 3. The van der Waals surface area contributed by atoms with E-state index in [1.807, 2.05) is 19.1 Å². The van der Waals surface area contributed by atoms with Crippen LogP contribution in [-0.2, 0) is 0 Å². The smallest absolute Gasteiger partial charge is 0.255 e. The molecule has 0 aliphatic carbocycles. The van der Waals surface area contributed by atoms with E-state index in [2.05, 4.69) is 21.2 Å². The third-order valence-electron chi connectivity index (χ3n) is 2.99. The molecule has 0 heterocycles. The molecule has 0 radical (unpaired) electrons. The Morgan fingerprint density at radius 2 is 1.90 bits per heavy atom. The Balaban J connectivity index is 2.15. The summed E-state index contributed by atoms with van der Waals surface area (Å²) in [5.74, 6) is -0.372. The Bertz CT molecular complexity index is 626. The molecular weight excluding hydrogens is 320 g/mol. The number of nitrogens with two attached hydrogens (primary N) is 1. The van der Waals surface area contributed by atoms with Crippen molar-refractivity contribution in [2.45, 2.75) is 13.0 Å². The van der Waals surface area contributed by atoms with Gasteiger partial charge in [0, 0.05) is 10.2 Å². The highest BCUT2D eigenvalue weighted by molar-refractivity contribution is 9.10. The molecule has 0 aliphatic heterocycles. The highest BCUT2D eigenvalue weighted by Gasteiger charge is 2.15. The highest BCUT2D eigenvalue weighted by atomic mass is 79.9. The normalized spacial score (nSPS) is 11.9. The Labute approximate surface area is 125 Å². The molecule has 4 N–H and O–H groups in total. The molecule has 2 rings (SSSR count). The third kappa shape index (κ3) is 3.30. The van der Waals surface area contributed by atoms with E-state index < -0.39 is 0 Å². The van der Waals surface area contributed by atoms with E-state index in [1.165, 1.54) is 6.07 Å². The summed E-state index contributed by atoms with van der Waals surface area (Å²) in [7, 11) is 0. The van der Waals surface area contributed by atoms with E-state index in [4.69, 9.17) is 5.73 Å². The Kier molecular flexibility index (Phi) is 4.29. The van der Waals surface area contributed by atoms with Crippen LogP contribution < -0.4 is 11.1 Å². The lowest BCUT2D eigenvalue weighted by Crippen LogP contribution is -2.26. The lowest BCUT2D eigenvalue weighted by Gasteiger charge is -2.15. The number of nitrogen functional groups attached to an aromatic ring is 1. The molecule has 1 atom stereocenters. The second kappa shape index (κ2) is 5.96. The minimum absolute atomic E-state index is 0.0461. The van der Waals surface area contributed by atoms with Gasteiger partial charge in [-0.05, 0) is 42.8 Å². The quantitative estimate of drug-likeness (QED) is 0.754. The summed E-state index contributed by atoms with van der Waals surface area (Å²) < 4.78 is 0.737. The lowest BCUT2D eigenvalue weighted by molar-refractivity contribution is 0.0937. The monoisotopic (exact) mass is 334 g/mol. The molecule has 20 heavy (non-hydrogen) atoms. The van der Waals surface area contributed by atoms with Crippen molar-refractivity contribution in [2.75, 3.05) is 5.73 Å². The molecule has 0 spiro atoms. The van der Waals surface area contributed by atoms with Crippen LogP contribution in [-0.4, -0.2) is 11.0 Å². The van der Waals surface area contributed by atoms with Gasteiger partial charge in [-0.2, -0.15) is 0 Å². The number of benzene rings is 2. The average molecular weight is 335 g/mol. The molecule has 5 heteroatoms. The molecule has 1 unspecified atom stereocenters. The van der Waals surface area contributed by atoms with Crippen molar-refractivity contribution in [3.05, 3.63) is 58.1 Å². The standard InChI is InChI=1S/C15H15BrN2O2/c1-9(10-2-5-12(17)6-3-10)18-15(20)13-8-11(16)4-7-14(13)19/h2-9,19H,17H2,1H3,(H,18,20). The first kappa shape index (κ1) is 14.4. The predicted molar refractivity (Wildman–Crippen MR) is 82.5 cm³/mol. The molecule has 4 nitrogen and oxygen atoms in total. The number of phenols is 1. The van der Waals surface area contributed by atoms with Gasteiger partial charge in [-0.3, -0.25) is 4.79 Å². The summed E-state index contributed by atoms with van der Waals surface area (Å²) in [6.45, 7) is 1.87. The third-order valence-corrected chi connectivity index (χ3v) is 3.48. The number of rotatable bonds is 3. The first-order chi connectivity index (χ1) is 9.47. The number of anilines is 1. The van der Waals surface area contributed by atoms with E-state index in [-0.39, 0.29) is 23.3 Å². The van der Waals surface area contributed by atoms with Gasteiger partial charge in [0.1, 0.15) is 5.75 Å². The minimum atomic E-state index is -0.326. The molecule has 0 bridgehead atoms. The summed E-state index contributed by atoms with van der Waals surface area (Å²) in [6, 6.07) is 11.9. The van der Waals surface area contributed by atoms with Crippen molar-refractivity contribution in [3.63, 3.8) is 0 Å². The fourth-order valence-corrected chi connectivity index (χ4v) is 2.19. The molecule has 2 aromatic rings. The summed E-state index contributed by atoms with van der Waals surface area (Å²) in [6.07, 6.45) is 0. The van der Waals surface area contributed by atoms with E-state index in [9.17, 15) is 9.90 Å². The van der Waals surface area contributed by atoms with Crippen LogP contribution >= 0.6 is 15.9 Å². The molecule has 0 saturated carbocycles. The molecule has 0 saturated heterocycles. The summed E-state index contributed by atoms with van der Waals surface area (Å²) in [5.41, 5.74) is 7.49. The maximum atomic E-state index is 12.2. The van der Waals surface area contributed by atoms with Crippen LogP contribution in [0.2, 0.25) is 0 Å². The van der Waals surface area contributed by atoms with Gasteiger partial charge in [0.05, 0.1) is 11.6 Å². The van der Waals surface area contributed by atoms with E-state index in [0.29, 0.717) is 5.69 Å². The number of carbonyl (C=O) groups excluding carboxylic acids is 1. The Hall–Kier alpha value is -2.01. The number of hydrogen-bond donors (Lipinski definition) is 3. The fourth-order valence-electron chi connectivity index (χ4n) is 1.83. The number of nitrogens with one attached hydrogen (secondary N) is 1. The topological polar surface area (TPSA) is 75.3 Å². The summed E-state index contributed by atoms with van der Waals surface area (Å²) >= 11 is 3.28. The predicted octanol–water partition coefficient (Wildman–Crippen LogP) is 3.23. The van der Waals surface area contributed by atoms with Crippen molar-refractivity contribution < 1.29 is 9.90 Å². The van der Waals surface area contributed by atoms with Gasteiger partial charge in [0.2, 0.25) is 0 Å². The van der Waals surface area contributed by atoms with Crippen LogP contribution in [0, 0.1) is 0 Å². The molecule has 0 aliphatic rings. The first-order valence-corrected chi connectivity index (χ1v) is 6.91. The van der Waals surface area contributed by atoms with Gasteiger partial charge in [-0.25, -0.2) is 0 Å². The van der Waals surface area contributed by atoms with Crippen molar-refractivity contribution in [3.8, 4) is 5.75 Å². The van der Waals surface area contributed by atoms with Gasteiger partial charge in [-0.1, -0.05) is 28.1 Å². The molecular formula is C15H15BrN2O2. The van der Waals surface area contributed by atoms with Crippen LogP contribution in [0.25, 0.3) is 0 Å². The minimum Gasteiger partial charge on any atom is -0.507 e. The molecule has 0 fully saturated rings. The number of halogens is 1. The van der Waals surface area contributed by atoms with E-state index >= 15 is 0 Å². The van der Waals surface area contributed by atoms with Crippen LogP contribution in [0.4, 0.5) is 5.69 Å². The van der Waals surface area contributed by atoms with Gasteiger partial charge in [0.25, 0.3) is 5.91 Å². The number of aromatic hydroxyl groups is 1. The van der Waals surface area contributed by atoms with Gasteiger partial charge < -0.3 is 16.2 Å². The Morgan fingerprint density at radius 3 is 2.55 bits per heavy atom. The van der Waals surface area contributed by atoms with Crippen molar-refractivity contribution in [1.29, 1.82) is 0 Å². The molecule has 0 aromatic heterocycles. The average Bonchev–Trinajstić information content (AvgIpc) is 2.42. The molecule has 1 amide bonds. The lowest BCUT2D eigenvalue weighted by atomic mass is 10.1. The zero-order chi connectivity index (χ0) is 14.7. The van der Waals surface area contributed by atoms with Crippen molar-refractivity contribution in [2.24, 2.45) is 0 Å². The summed E-state index contributed by atoms with van der Waals surface area (Å²) in [4.78, 5) is 12.2. The summed E-state index contributed by atoms with van der Waals surface area (Å²) in [5, 5.41) is 12.6. The second-order valence-corrected chi connectivity index (χ2v) is 5.44. The van der Waals surface area contributed by atoms with Gasteiger partial charge in [0.15, 0.2) is 0 Å². The number of phenolic OH excluding ortho intramolecular Hbond substituents is 1. The van der Waals surface area contributed by atoms with Crippen LogP contribution in [0.15, 0.2) is 46.9 Å². The fraction of sp³-hybridized carbons (Fsp3) is 0.133. The molecule has 104 valence electrons. The zero-order valence-electron chi connectivity index (χ0n) is 10.9. The zero-order valence-corrected chi connectivity index (χ0v) is 12.5. The molecule has 2 aromatic carbocycles. The van der Waals surface area contributed by atoms with Crippen LogP contribution in [0.3, 0.4) is 0 Å². The largest absolute Gasteiger partial charge is 0.507 e. The second-order valence-electron chi connectivity index (χ2n) is 4.52. The highest BCUT2D eigenvalue weighted by Crippen LogP contribution is 2.23. The van der Waals surface area contributed by atoms with Crippen LogP contribution in [0.1, 0.15) is 28.9 Å². The maximum Gasteiger partial charge on any atom is 0.255 e. The first-order valence-electron chi connectivity index (χ1n) is 6.12. The van der Waals surface area contributed by atoms with Crippen molar-refractivity contribution in [1.82, 2.24) is 5.32 Å². The number of amides is 1. The number of carbonyl (C=O) groups is 1. The van der Waals surface area contributed by atoms with E-state index in [1.54, 1.807) is 24.3 Å². The maximum absolute atomic E-state index is 12.2. The Morgan fingerprint density at radius 1 is 1.25 bits per heavy atom.